The topological polar surface area (TPSA) is 75.6 Å². The standard InChI is InChI=1S/C10H11NO4/c1-6(13)11-7-3-9(14)8(5-12)10(4-7)15-2/h3-5,14H,1-2H3,(H,11,13). The number of benzene rings is 1. The number of carbonyl (C=O) groups is 2. The lowest BCUT2D eigenvalue weighted by Crippen LogP contribution is -2.06. The lowest BCUT2D eigenvalue weighted by atomic mass is 10.1. The first-order valence-electron chi connectivity index (χ1n) is 4.22. The van der Waals surface area contributed by atoms with Crippen molar-refractivity contribution in [2.24, 2.45) is 0 Å². The lowest BCUT2D eigenvalue weighted by Gasteiger charge is -2.09. The first kappa shape index (κ1) is 11.0. The molecule has 0 saturated carbocycles. The SMILES string of the molecule is COc1cc(NC(C)=O)cc(O)c1C=O. The van der Waals surface area contributed by atoms with E-state index < -0.39 is 0 Å². The Balaban J connectivity index is 3.19. The lowest BCUT2D eigenvalue weighted by molar-refractivity contribution is -0.114. The average Bonchev–Trinajstić information content (AvgIpc) is 2.15. The fraction of sp³-hybridized carbons (Fsp3) is 0.200. The van der Waals surface area contributed by atoms with Gasteiger partial charge in [-0.2, -0.15) is 0 Å². The number of nitrogens with one attached hydrogen (secondary N) is 1. The zero-order chi connectivity index (χ0) is 11.4. The van der Waals surface area contributed by atoms with Crippen molar-refractivity contribution in [3.05, 3.63) is 17.7 Å². The van der Waals surface area contributed by atoms with Crippen molar-refractivity contribution in [1.29, 1.82) is 0 Å². The van der Waals surface area contributed by atoms with Gasteiger partial charge in [0.05, 0.1) is 12.7 Å². The fourth-order valence-corrected chi connectivity index (χ4v) is 1.17. The number of hydrogen-bond acceptors (Lipinski definition) is 4. The van der Waals surface area contributed by atoms with Crippen LogP contribution in [0.3, 0.4) is 0 Å². The highest BCUT2D eigenvalue weighted by Crippen LogP contribution is 2.30. The summed E-state index contributed by atoms with van der Waals surface area (Å²) >= 11 is 0. The number of hydrogen-bond donors (Lipinski definition) is 2. The van der Waals surface area contributed by atoms with E-state index in [4.69, 9.17) is 4.74 Å². The number of phenols is 1. The first-order chi connectivity index (χ1) is 7.08. The molecule has 0 fully saturated rings. The summed E-state index contributed by atoms with van der Waals surface area (Å²) in [6.45, 7) is 1.34. The van der Waals surface area contributed by atoms with Crippen LogP contribution in [0.1, 0.15) is 17.3 Å². The minimum absolute atomic E-state index is 0.0617. The van der Waals surface area contributed by atoms with Gasteiger partial charge in [-0.1, -0.05) is 0 Å². The van der Waals surface area contributed by atoms with Gasteiger partial charge in [-0.3, -0.25) is 9.59 Å². The molecule has 1 aromatic carbocycles. The highest BCUT2D eigenvalue weighted by Gasteiger charge is 2.10. The van der Waals surface area contributed by atoms with E-state index in [0.29, 0.717) is 12.0 Å². The van der Waals surface area contributed by atoms with E-state index in [-0.39, 0.29) is 23.0 Å². The van der Waals surface area contributed by atoms with Crippen LogP contribution in [0.2, 0.25) is 0 Å². The molecule has 2 N–H and O–H groups in total. The van der Waals surface area contributed by atoms with E-state index in [1.165, 1.54) is 26.2 Å². The Morgan fingerprint density at radius 3 is 2.67 bits per heavy atom. The summed E-state index contributed by atoms with van der Waals surface area (Å²) in [6, 6.07) is 2.75. The largest absolute Gasteiger partial charge is 0.507 e. The Kier molecular flexibility index (Phi) is 3.28. The molecule has 5 nitrogen and oxygen atoms in total. The van der Waals surface area contributed by atoms with E-state index in [1.54, 1.807) is 0 Å². The summed E-state index contributed by atoms with van der Waals surface area (Å²) < 4.78 is 4.90. The van der Waals surface area contributed by atoms with Crippen molar-refractivity contribution in [2.45, 2.75) is 6.92 Å². The molecule has 0 spiro atoms. The number of methoxy groups -OCH3 is 1. The molecule has 1 amide bonds. The Morgan fingerprint density at radius 1 is 1.53 bits per heavy atom. The molecule has 5 heteroatoms. The van der Waals surface area contributed by atoms with Crippen molar-refractivity contribution < 1.29 is 19.4 Å². The van der Waals surface area contributed by atoms with Gasteiger partial charge in [0.2, 0.25) is 5.91 Å². The summed E-state index contributed by atoms with van der Waals surface area (Å²) in [4.78, 5) is 21.4. The zero-order valence-corrected chi connectivity index (χ0v) is 8.40. The number of anilines is 1. The Labute approximate surface area is 86.7 Å². The quantitative estimate of drug-likeness (QED) is 0.733. The van der Waals surface area contributed by atoms with Crippen LogP contribution in [0.5, 0.6) is 11.5 Å². The third-order valence-electron chi connectivity index (χ3n) is 1.78. The molecule has 0 bridgehead atoms. The molecular weight excluding hydrogens is 198 g/mol. The predicted molar refractivity (Wildman–Crippen MR) is 54.4 cm³/mol. The number of carbonyl (C=O) groups excluding carboxylic acids is 2. The second-order valence-electron chi connectivity index (χ2n) is 2.91. The van der Waals surface area contributed by atoms with Crippen LogP contribution in [0, 0.1) is 0 Å². The van der Waals surface area contributed by atoms with E-state index in [1.807, 2.05) is 0 Å². The van der Waals surface area contributed by atoms with Crippen molar-refractivity contribution in [3.63, 3.8) is 0 Å². The average molecular weight is 209 g/mol. The maximum Gasteiger partial charge on any atom is 0.221 e. The molecule has 1 rings (SSSR count). The first-order valence-corrected chi connectivity index (χ1v) is 4.22. The van der Waals surface area contributed by atoms with Crippen LogP contribution in [-0.4, -0.2) is 24.4 Å². The summed E-state index contributed by atoms with van der Waals surface area (Å²) in [5, 5.41) is 11.9. The molecule has 0 heterocycles. The van der Waals surface area contributed by atoms with Crippen LogP contribution in [0.15, 0.2) is 12.1 Å². The van der Waals surface area contributed by atoms with Crippen LogP contribution in [-0.2, 0) is 4.79 Å². The van der Waals surface area contributed by atoms with Crippen LogP contribution in [0.25, 0.3) is 0 Å². The number of aromatic hydroxyl groups is 1. The van der Waals surface area contributed by atoms with Gasteiger partial charge < -0.3 is 15.2 Å². The van der Waals surface area contributed by atoms with E-state index in [0.717, 1.165) is 0 Å². The molecule has 0 unspecified atom stereocenters. The predicted octanol–water partition coefficient (Wildman–Crippen LogP) is 1.17. The van der Waals surface area contributed by atoms with Gasteiger partial charge in [-0.05, 0) is 0 Å². The van der Waals surface area contributed by atoms with E-state index in [9.17, 15) is 14.7 Å². The molecule has 0 atom stereocenters. The van der Waals surface area contributed by atoms with Crippen molar-refractivity contribution >= 4 is 17.9 Å². The minimum Gasteiger partial charge on any atom is -0.507 e. The smallest absolute Gasteiger partial charge is 0.221 e. The van der Waals surface area contributed by atoms with E-state index >= 15 is 0 Å². The second kappa shape index (κ2) is 4.45. The maximum atomic E-state index is 10.8. The number of amides is 1. The Morgan fingerprint density at radius 2 is 2.20 bits per heavy atom. The van der Waals surface area contributed by atoms with Gasteiger partial charge in [-0.15, -0.1) is 0 Å². The van der Waals surface area contributed by atoms with Crippen LogP contribution < -0.4 is 10.1 Å². The zero-order valence-electron chi connectivity index (χ0n) is 8.40. The molecule has 80 valence electrons. The highest BCUT2D eigenvalue weighted by molar-refractivity contribution is 5.91. The summed E-state index contributed by atoms with van der Waals surface area (Å²) in [6.07, 6.45) is 0.492. The molecule has 0 saturated heterocycles. The molecule has 15 heavy (non-hydrogen) atoms. The monoisotopic (exact) mass is 209 g/mol. The Bertz CT molecular complexity index is 401. The number of phenolic OH excluding ortho intramolecular Hbond substituents is 1. The summed E-state index contributed by atoms with van der Waals surface area (Å²) in [5.41, 5.74) is 0.439. The number of rotatable bonds is 3. The number of aldehydes is 1. The molecule has 0 radical (unpaired) electrons. The van der Waals surface area contributed by atoms with Crippen molar-refractivity contribution in [1.82, 2.24) is 0 Å². The molecule has 0 aliphatic heterocycles. The van der Waals surface area contributed by atoms with E-state index in [2.05, 4.69) is 5.32 Å². The fourth-order valence-electron chi connectivity index (χ4n) is 1.17. The van der Waals surface area contributed by atoms with Gasteiger partial charge in [0.1, 0.15) is 11.5 Å². The van der Waals surface area contributed by atoms with Gasteiger partial charge in [-0.25, -0.2) is 0 Å². The van der Waals surface area contributed by atoms with Gasteiger partial charge in [0, 0.05) is 24.7 Å². The van der Waals surface area contributed by atoms with Crippen molar-refractivity contribution in [3.8, 4) is 11.5 Å². The van der Waals surface area contributed by atoms with Crippen molar-refractivity contribution in [2.75, 3.05) is 12.4 Å². The summed E-state index contributed by atoms with van der Waals surface area (Å²) in [7, 11) is 1.37. The van der Waals surface area contributed by atoms with Crippen LogP contribution >= 0.6 is 0 Å². The normalized spacial score (nSPS) is 9.47. The highest BCUT2D eigenvalue weighted by atomic mass is 16.5. The molecule has 0 aromatic heterocycles. The molecule has 1 aromatic rings. The van der Waals surface area contributed by atoms with Gasteiger partial charge in [0.15, 0.2) is 6.29 Å². The second-order valence-corrected chi connectivity index (χ2v) is 2.91. The third-order valence-corrected chi connectivity index (χ3v) is 1.78. The van der Waals surface area contributed by atoms with Gasteiger partial charge >= 0.3 is 0 Å². The summed E-state index contributed by atoms with van der Waals surface area (Å²) in [5.74, 6) is -0.280. The number of ether oxygens (including phenoxy) is 1. The maximum absolute atomic E-state index is 10.8. The van der Waals surface area contributed by atoms with Gasteiger partial charge in [0.25, 0.3) is 0 Å². The Hall–Kier alpha value is -2.04. The molecule has 0 aliphatic carbocycles. The third kappa shape index (κ3) is 2.46. The minimum atomic E-state index is -0.268. The van der Waals surface area contributed by atoms with Crippen LogP contribution in [0.4, 0.5) is 5.69 Å². The molecule has 0 aliphatic rings. The molecular formula is C10H11NO4.